The van der Waals surface area contributed by atoms with Crippen molar-refractivity contribution in [2.75, 3.05) is 6.54 Å². The molecule has 1 atom stereocenters. The molecule has 114 valence electrons. The SMILES string of the molecule is CC(Sc1ncnc2ccsc12)C(=O)NCCc1cccs1. The third-order valence-electron chi connectivity index (χ3n) is 3.12. The van der Waals surface area contributed by atoms with Crippen LogP contribution in [0, 0.1) is 0 Å². The number of aromatic nitrogens is 2. The van der Waals surface area contributed by atoms with E-state index in [1.54, 1.807) is 29.0 Å². The summed E-state index contributed by atoms with van der Waals surface area (Å²) in [4.78, 5) is 22.0. The van der Waals surface area contributed by atoms with Gasteiger partial charge >= 0.3 is 0 Å². The fourth-order valence-electron chi connectivity index (χ4n) is 1.98. The lowest BCUT2D eigenvalue weighted by atomic mass is 10.3. The fraction of sp³-hybridized carbons (Fsp3) is 0.267. The molecule has 3 heterocycles. The van der Waals surface area contributed by atoms with Gasteiger partial charge in [0.05, 0.1) is 15.5 Å². The Morgan fingerprint density at radius 1 is 1.32 bits per heavy atom. The van der Waals surface area contributed by atoms with Crippen molar-refractivity contribution in [3.8, 4) is 0 Å². The Hall–Kier alpha value is -1.44. The van der Waals surface area contributed by atoms with E-state index < -0.39 is 0 Å². The van der Waals surface area contributed by atoms with Gasteiger partial charge in [-0.3, -0.25) is 4.79 Å². The number of fused-ring (bicyclic) bond motifs is 1. The summed E-state index contributed by atoms with van der Waals surface area (Å²) in [5, 5.41) is 7.74. The maximum atomic E-state index is 12.2. The zero-order chi connectivity index (χ0) is 15.4. The van der Waals surface area contributed by atoms with Crippen molar-refractivity contribution in [3.63, 3.8) is 0 Å². The van der Waals surface area contributed by atoms with Crippen LogP contribution in [0.15, 0.2) is 40.3 Å². The molecular weight excluding hydrogens is 334 g/mol. The van der Waals surface area contributed by atoms with Crippen molar-refractivity contribution in [2.45, 2.75) is 23.6 Å². The van der Waals surface area contributed by atoms with E-state index in [9.17, 15) is 4.79 Å². The molecule has 1 N–H and O–H groups in total. The summed E-state index contributed by atoms with van der Waals surface area (Å²) in [6.45, 7) is 2.58. The minimum absolute atomic E-state index is 0.0462. The lowest BCUT2D eigenvalue weighted by Gasteiger charge is -2.11. The lowest BCUT2D eigenvalue weighted by molar-refractivity contribution is -0.120. The topological polar surface area (TPSA) is 54.9 Å². The van der Waals surface area contributed by atoms with Crippen LogP contribution in [0.3, 0.4) is 0 Å². The minimum Gasteiger partial charge on any atom is -0.355 e. The molecule has 1 unspecified atom stereocenters. The van der Waals surface area contributed by atoms with Crippen LogP contribution in [0.25, 0.3) is 10.2 Å². The van der Waals surface area contributed by atoms with Crippen LogP contribution < -0.4 is 5.32 Å². The van der Waals surface area contributed by atoms with Crippen LogP contribution in [0.5, 0.6) is 0 Å². The number of hydrogen-bond donors (Lipinski definition) is 1. The molecule has 0 aliphatic carbocycles. The average molecular weight is 350 g/mol. The van der Waals surface area contributed by atoms with E-state index in [2.05, 4.69) is 26.7 Å². The van der Waals surface area contributed by atoms with Crippen molar-refractivity contribution >= 4 is 50.6 Å². The number of rotatable bonds is 6. The van der Waals surface area contributed by atoms with Crippen molar-refractivity contribution in [1.29, 1.82) is 0 Å². The molecule has 0 aliphatic rings. The molecule has 3 aromatic heterocycles. The third kappa shape index (κ3) is 3.66. The Morgan fingerprint density at radius 3 is 3.05 bits per heavy atom. The number of nitrogens with zero attached hydrogens (tertiary/aromatic N) is 2. The third-order valence-corrected chi connectivity index (χ3v) is 6.20. The van der Waals surface area contributed by atoms with E-state index >= 15 is 0 Å². The number of carbonyl (C=O) groups is 1. The summed E-state index contributed by atoms with van der Waals surface area (Å²) in [6, 6.07) is 6.09. The fourth-order valence-corrected chi connectivity index (χ4v) is 4.55. The van der Waals surface area contributed by atoms with Gasteiger partial charge in [-0.05, 0) is 36.2 Å². The molecule has 0 aliphatic heterocycles. The quantitative estimate of drug-likeness (QED) is 0.546. The van der Waals surface area contributed by atoms with Gasteiger partial charge in [0.2, 0.25) is 5.91 Å². The zero-order valence-electron chi connectivity index (χ0n) is 12.0. The second-order valence-corrected chi connectivity index (χ2v) is 7.97. The summed E-state index contributed by atoms with van der Waals surface area (Å²) < 4.78 is 1.05. The van der Waals surface area contributed by atoms with E-state index in [4.69, 9.17) is 0 Å². The minimum atomic E-state index is -0.177. The van der Waals surface area contributed by atoms with Crippen molar-refractivity contribution in [3.05, 3.63) is 40.2 Å². The van der Waals surface area contributed by atoms with E-state index in [0.717, 1.165) is 21.7 Å². The zero-order valence-corrected chi connectivity index (χ0v) is 14.4. The van der Waals surface area contributed by atoms with Gasteiger partial charge in [0.1, 0.15) is 11.4 Å². The van der Waals surface area contributed by atoms with Gasteiger partial charge in [-0.25, -0.2) is 9.97 Å². The Morgan fingerprint density at radius 2 is 2.23 bits per heavy atom. The lowest BCUT2D eigenvalue weighted by Crippen LogP contribution is -2.32. The highest BCUT2D eigenvalue weighted by Crippen LogP contribution is 2.31. The van der Waals surface area contributed by atoms with Crippen LogP contribution in [0.2, 0.25) is 0 Å². The van der Waals surface area contributed by atoms with E-state index in [1.165, 1.54) is 16.6 Å². The first-order valence-corrected chi connectivity index (χ1v) is 9.53. The van der Waals surface area contributed by atoms with Crippen LogP contribution in [-0.4, -0.2) is 27.7 Å². The molecule has 0 aromatic carbocycles. The van der Waals surface area contributed by atoms with Crippen LogP contribution in [-0.2, 0) is 11.2 Å². The summed E-state index contributed by atoms with van der Waals surface area (Å²) in [5.74, 6) is 0.0462. The molecule has 0 fully saturated rings. The second-order valence-electron chi connectivity index (χ2n) is 4.69. The van der Waals surface area contributed by atoms with Gasteiger partial charge in [0.15, 0.2) is 0 Å². The maximum absolute atomic E-state index is 12.2. The number of carbonyl (C=O) groups excluding carboxylic acids is 1. The number of thiophene rings is 2. The normalized spacial score (nSPS) is 12.4. The summed E-state index contributed by atoms with van der Waals surface area (Å²) in [6.07, 6.45) is 2.43. The molecule has 3 rings (SSSR count). The summed E-state index contributed by atoms with van der Waals surface area (Å²) in [7, 11) is 0. The van der Waals surface area contributed by atoms with Gasteiger partial charge in [0, 0.05) is 11.4 Å². The molecule has 0 saturated heterocycles. The first kappa shape index (κ1) is 15.5. The highest BCUT2D eigenvalue weighted by Gasteiger charge is 2.17. The molecule has 7 heteroatoms. The smallest absolute Gasteiger partial charge is 0.233 e. The van der Waals surface area contributed by atoms with Gasteiger partial charge in [-0.15, -0.1) is 22.7 Å². The molecule has 0 saturated carbocycles. The number of thioether (sulfide) groups is 1. The molecule has 0 spiro atoms. The predicted octanol–water partition coefficient (Wildman–Crippen LogP) is 3.59. The highest BCUT2D eigenvalue weighted by molar-refractivity contribution is 8.00. The molecule has 1 amide bonds. The second kappa shape index (κ2) is 7.21. The first-order valence-electron chi connectivity index (χ1n) is 6.89. The molecule has 0 bridgehead atoms. The highest BCUT2D eigenvalue weighted by atomic mass is 32.2. The Bertz CT molecular complexity index is 754. The molecule has 4 nitrogen and oxygen atoms in total. The van der Waals surface area contributed by atoms with Crippen LogP contribution in [0.4, 0.5) is 0 Å². The van der Waals surface area contributed by atoms with E-state index in [1.807, 2.05) is 24.4 Å². The predicted molar refractivity (Wildman–Crippen MR) is 93.8 cm³/mol. The van der Waals surface area contributed by atoms with E-state index in [-0.39, 0.29) is 11.2 Å². The Kier molecular flexibility index (Phi) is 5.07. The van der Waals surface area contributed by atoms with Gasteiger partial charge in [-0.2, -0.15) is 0 Å². The van der Waals surface area contributed by atoms with Gasteiger partial charge < -0.3 is 5.32 Å². The van der Waals surface area contributed by atoms with E-state index in [0.29, 0.717) is 6.54 Å². The van der Waals surface area contributed by atoms with Crippen LogP contribution in [0.1, 0.15) is 11.8 Å². The molecule has 3 aromatic rings. The van der Waals surface area contributed by atoms with Crippen molar-refractivity contribution in [2.24, 2.45) is 0 Å². The first-order chi connectivity index (χ1) is 10.7. The number of amides is 1. The van der Waals surface area contributed by atoms with Crippen LogP contribution >= 0.6 is 34.4 Å². The van der Waals surface area contributed by atoms with Crippen molar-refractivity contribution < 1.29 is 4.79 Å². The van der Waals surface area contributed by atoms with Crippen molar-refractivity contribution in [1.82, 2.24) is 15.3 Å². The monoisotopic (exact) mass is 349 g/mol. The summed E-state index contributed by atoms with van der Waals surface area (Å²) >= 11 is 4.81. The largest absolute Gasteiger partial charge is 0.355 e. The molecular formula is C15H15N3OS3. The molecule has 0 radical (unpaired) electrons. The number of hydrogen-bond acceptors (Lipinski definition) is 6. The average Bonchev–Trinajstić information content (AvgIpc) is 3.18. The standard InChI is InChI=1S/C15H15N3OS3/c1-10(14(19)16-6-4-11-3-2-7-20-11)22-15-13-12(5-8-21-13)17-9-18-15/h2-3,5,7-10H,4,6H2,1H3,(H,16,19). The molecule has 22 heavy (non-hydrogen) atoms. The van der Waals surface area contributed by atoms with Gasteiger partial charge in [0.25, 0.3) is 0 Å². The maximum Gasteiger partial charge on any atom is 0.233 e. The summed E-state index contributed by atoms with van der Waals surface area (Å²) in [5.41, 5.74) is 0.938. The van der Waals surface area contributed by atoms with Gasteiger partial charge in [-0.1, -0.05) is 17.8 Å². The Labute approximate surface area is 141 Å². The number of nitrogens with one attached hydrogen (secondary N) is 1. The Balaban J connectivity index is 1.55.